The topological polar surface area (TPSA) is 18.5 Å². The Hall–Kier alpha value is -0.900. The Balaban J connectivity index is 2.08. The Labute approximate surface area is 118 Å². The Morgan fingerprint density at radius 1 is 0.947 bits per heavy atom. The molecular formula is C16H29N3. The molecule has 0 unspecified atom stereocenters. The lowest BCUT2D eigenvalue weighted by molar-refractivity contribution is 0.321. The number of likely N-dealkylation sites (N-methyl/N-ethyl adjacent to an activating group) is 1. The maximum atomic E-state index is 3.50. The maximum absolute atomic E-state index is 3.50. The first-order valence-electron chi connectivity index (χ1n) is 7.17. The number of benzene rings is 1. The van der Waals surface area contributed by atoms with Crippen LogP contribution in [0.5, 0.6) is 0 Å². The van der Waals surface area contributed by atoms with Crippen molar-refractivity contribution in [1.82, 2.24) is 15.1 Å². The molecular weight excluding hydrogens is 234 g/mol. The molecule has 0 atom stereocenters. The fraction of sp³-hybridized carbons (Fsp3) is 0.625. The molecule has 1 rings (SSSR count). The molecule has 3 nitrogen and oxygen atoms in total. The zero-order valence-electron chi connectivity index (χ0n) is 12.9. The van der Waals surface area contributed by atoms with E-state index < -0.39 is 0 Å². The summed E-state index contributed by atoms with van der Waals surface area (Å²) >= 11 is 0. The molecule has 0 saturated heterocycles. The van der Waals surface area contributed by atoms with Crippen LogP contribution in [0.2, 0.25) is 0 Å². The Kier molecular flexibility index (Phi) is 7.72. The lowest BCUT2D eigenvalue weighted by Crippen LogP contribution is -2.30. The van der Waals surface area contributed by atoms with Gasteiger partial charge in [0, 0.05) is 19.6 Å². The summed E-state index contributed by atoms with van der Waals surface area (Å²) in [6.07, 6.45) is 1.22. The van der Waals surface area contributed by atoms with Crippen molar-refractivity contribution in [3.05, 3.63) is 35.4 Å². The smallest absolute Gasteiger partial charge is 0.0231 e. The normalized spacial score (nSPS) is 11.5. The molecule has 1 aromatic carbocycles. The molecule has 3 heteroatoms. The van der Waals surface area contributed by atoms with Gasteiger partial charge in [0.1, 0.15) is 0 Å². The number of hydrogen-bond acceptors (Lipinski definition) is 3. The average Bonchev–Trinajstić information content (AvgIpc) is 2.36. The molecule has 0 aliphatic rings. The van der Waals surface area contributed by atoms with Crippen LogP contribution >= 0.6 is 0 Å². The van der Waals surface area contributed by atoms with E-state index in [0.717, 1.165) is 32.7 Å². The fourth-order valence-electron chi connectivity index (χ4n) is 2.00. The van der Waals surface area contributed by atoms with Gasteiger partial charge in [-0.1, -0.05) is 29.8 Å². The summed E-state index contributed by atoms with van der Waals surface area (Å²) < 4.78 is 0. The molecule has 0 bridgehead atoms. The van der Waals surface area contributed by atoms with Crippen LogP contribution in [-0.4, -0.2) is 57.1 Å². The van der Waals surface area contributed by atoms with Gasteiger partial charge in [-0.15, -0.1) is 0 Å². The predicted octanol–water partition coefficient (Wildman–Crippen LogP) is 1.97. The summed E-state index contributed by atoms with van der Waals surface area (Å²) in [6, 6.07) is 8.80. The van der Waals surface area contributed by atoms with Gasteiger partial charge in [0.2, 0.25) is 0 Å². The van der Waals surface area contributed by atoms with E-state index in [0.29, 0.717) is 0 Å². The highest BCUT2D eigenvalue weighted by Crippen LogP contribution is 2.05. The molecule has 0 spiro atoms. The van der Waals surface area contributed by atoms with Crippen molar-refractivity contribution in [3.8, 4) is 0 Å². The maximum Gasteiger partial charge on any atom is 0.0231 e. The van der Waals surface area contributed by atoms with Gasteiger partial charge in [-0.05, 0) is 53.1 Å². The third kappa shape index (κ3) is 7.98. The third-order valence-corrected chi connectivity index (χ3v) is 3.20. The van der Waals surface area contributed by atoms with Gasteiger partial charge in [0.15, 0.2) is 0 Å². The Bertz CT molecular complexity index is 332. The molecule has 1 aromatic rings. The summed E-state index contributed by atoms with van der Waals surface area (Å²) in [5, 5.41) is 3.50. The van der Waals surface area contributed by atoms with E-state index in [-0.39, 0.29) is 0 Å². The molecule has 0 heterocycles. The van der Waals surface area contributed by atoms with E-state index >= 15 is 0 Å². The van der Waals surface area contributed by atoms with Crippen molar-refractivity contribution in [2.45, 2.75) is 19.9 Å². The molecule has 0 aromatic heterocycles. The average molecular weight is 263 g/mol. The van der Waals surface area contributed by atoms with Crippen LogP contribution < -0.4 is 5.32 Å². The molecule has 108 valence electrons. The second-order valence-corrected chi connectivity index (χ2v) is 5.63. The van der Waals surface area contributed by atoms with Gasteiger partial charge in [-0.3, -0.25) is 0 Å². The fourth-order valence-corrected chi connectivity index (χ4v) is 2.00. The predicted molar refractivity (Wildman–Crippen MR) is 83.6 cm³/mol. The number of aryl methyl sites for hydroxylation is 1. The highest BCUT2D eigenvalue weighted by molar-refractivity contribution is 5.21. The third-order valence-electron chi connectivity index (χ3n) is 3.20. The summed E-state index contributed by atoms with van der Waals surface area (Å²) in [6.45, 7) is 7.58. The lowest BCUT2D eigenvalue weighted by Gasteiger charge is -2.17. The Morgan fingerprint density at radius 2 is 1.63 bits per heavy atom. The van der Waals surface area contributed by atoms with Crippen LogP contribution in [0.3, 0.4) is 0 Å². The highest BCUT2D eigenvalue weighted by atomic mass is 15.1. The summed E-state index contributed by atoms with van der Waals surface area (Å²) in [4.78, 5) is 4.59. The van der Waals surface area contributed by atoms with Crippen LogP contribution in [0.1, 0.15) is 17.5 Å². The van der Waals surface area contributed by atoms with E-state index in [1.54, 1.807) is 0 Å². The molecule has 0 fully saturated rings. The molecule has 0 aliphatic carbocycles. The summed E-state index contributed by atoms with van der Waals surface area (Å²) in [5.74, 6) is 0. The minimum atomic E-state index is 1.03. The largest absolute Gasteiger partial charge is 0.315 e. The first-order chi connectivity index (χ1) is 9.08. The number of nitrogens with zero attached hydrogens (tertiary/aromatic N) is 2. The van der Waals surface area contributed by atoms with Crippen LogP contribution in [-0.2, 0) is 6.54 Å². The first kappa shape index (κ1) is 16.2. The lowest BCUT2D eigenvalue weighted by atomic mass is 10.1. The van der Waals surface area contributed by atoms with Crippen molar-refractivity contribution >= 4 is 0 Å². The Morgan fingerprint density at radius 3 is 2.26 bits per heavy atom. The van der Waals surface area contributed by atoms with Gasteiger partial charge in [-0.25, -0.2) is 0 Å². The van der Waals surface area contributed by atoms with Gasteiger partial charge >= 0.3 is 0 Å². The van der Waals surface area contributed by atoms with E-state index in [4.69, 9.17) is 0 Å². The standard InChI is InChI=1S/C16H29N3/c1-15-6-8-16(9-7-15)14-19(4)13-11-17-10-5-12-18(2)3/h6-9,17H,5,10-14H2,1-4H3. The van der Waals surface area contributed by atoms with Crippen molar-refractivity contribution in [1.29, 1.82) is 0 Å². The monoisotopic (exact) mass is 263 g/mol. The van der Waals surface area contributed by atoms with E-state index in [9.17, 15) is 0 Å². The molecule has 0 radical (unpaired) electrons. The highest BCUT2D eigenvalue weighted by Gasteiger charge is 1.99. The van der Waals surface area contributed by atoms with Gasteiger partial charge < -0.3 is 15.1 Å². The second-order valence-electron chi connectivity index (χ2n) is 5.63. The van der Waals surface area contributed by atoms with Crippen LogP contribution in [0.4, 0.5) is 0 Å². The molecule has 1 N–H and O–H groups in total. The SMILES string of the molecule is Cc1ccc(CN(C)CCNCCCN(C)C)cc1. The van der Waals surface area contributed by atoms with Crippen LogP contribution in [0.15, 0.2) is 24.3 Å². The van der Waals surface area contributed by atoms with Gasteiger partial charge in [0.05, 0.1) is 0 Å². The van der Waals surface area contributed by atoms with Crippen molar-refractivity contribution < 1.29 is 0 Å². The molecule has 0 aliphatic heterocycles. The van der Waals surface area contributed by atoms with E-state index in [1.165, 1.54) is 17.5 Å². The van der Waals surface area contributed by atoms with Crippen LogP contribution in [0.25, 0.3) is 0 Å². The minimum Gasteiger partial charge on any atom is -0.315 e. The van der Waals surface area contributed by atoms with Crippen molar-refractivity contribution in [2.24, 2.45) is 0 Å². The molecule has 0 amide bonds. The molecule has 19 heavy (non-hydrogen) atoms. The number of hydrogen-bond donors (Lipinski definition) is 1. The molecule has 0 saturated carbocycles. The second kappa shape index (κ2) is 9.08. The van der Waals surface area contributed by atoms with E-state index in [2.05, 4.69) is 67.4 Å². The summed E-state index contributed by atoms with van der Waals surface area (Å²) in [5.41, 5.74) is 2.72. The zero-order chi connectivity index (χ0) is 14.1. The van der Waals surface area contributed by atoms with Gasteiger partial charge in [0.25, 0.3) is 0 Å². The number of nitrogens with one attached hydrogen (secondary N) is 1. The van der Waals surface area contributed by atoms with Gasteiger partial charge in [-0.2, -0.15) is 0 Å². The minimum absolute atomic E-state index is 1.03. The van der Waals surface area contributed by atoms with Crippen molar-refractivity contribution in [2.75, 3.05) is 47.3 Å². The quantitative estimate of drug-likeness (QED) is 0.687. The first-order valence-corrected chi connectivity index (χ1v) is 7.17. The zero-order valence-corrected chi connectivity index (χ0v) is 12.9. The summed E-state index contributed by atoms with van der Waals surface area (Å²) in [7, 11) is 6.42. The number of rotatable bonds is 9. The van der Waals surface area contributed by atoms with Crippen molar-refractivity contribution in [3.63, 3.8) is 0 Å². The van der Waals surface area contributed by atoms with E-state index in [1.807, 2.05) is 0 Å². The van der Waals surface area contributed by atoms with Crippen LogP contribution in [0, 0.1) is 6.92 Å².